The molecule has 1 saturated carbocycles. The number of hydrogen-bond acceptors (Lipinski definition) is 6. The van der Waals surface area contributed by atoms with Crippen molar-refractivity contribution >= 4 is 6.03 Å². The Balaban J connectivity index is 2.16. The maximum atomic E-state index is 13.3. The van der Waals surface area contributed by atoms with Gasteiger partial charge in [-0.05, 0) is 12.8 Å². The number of hydrogen-bond donors (Lipinski definition) is 2. The molecule has 24 heavy (non-hydrogen) atoms. The van der Waals surface area contributed by atoms with Gasteiger partial charge in [0.1, 0.15) is 6.10 Å². The molecule has 0 bridgehead atoms. The van der Waals surface area contributed by atoms with Gasteiger partial charge in [-0.25, -0.2) is 14.2 Å². The standard InChI is InChI=1S/C14H20FN3O6/c1-22-9-4-7(5-10(23-2)11(9)24-3)16-13(20)18-6-8(15)12(19)17-14(18)21/h6-7,9-11H,4-5H2,1-3H3,(H,16,20)(H,17,19,21). The van der Waals surface area contributed by atoms with E-state index in [2.05, 4.69) is 5.32 Å². The van der Waals surface area contributed by atoms with Crippen LogP contribution in [0.3, 0.4) is 0 Å². The van der Waals surface area contributed by atoms with Crippen molar-refractivity contribution in [2.24, 2.45) is 0 Å². The van der Waals surface area contributed by atoms with Crippen LogP contribution in [-0.2, 0) is 14.2 Å². The molecule has 2 unspecified atom stereocenters. The minimum Gasteiger partial charge on any atom is -0.379 e. The Morgan fingerprint density at radius 2 is 1.79 bits per heavy atom. The van der Waals surface area contributed by atoms with E-state index in [1.54, 1.807) is 12.1 Å². The third kappa shape index (κ3) is 3.71. The average Bonchev–Trinajstić information content (AvgIpc) is 2.56. The highest BCUT2D eigenvalue weighted by Gasteiger charge is 2.39. The first-order valence-corrected chi connectivity index (χ1v) is 7.32. The number of aromatic nitrogens is 2. The normalized spacial score (nSPS) is 27.0. The molecule has 134 valence electrons. The van der Waals surface area contributed by atoms with Crippen molar-refractivity contribution in [1.29, 1.82) is 0 Å². The van der Waals surface area contributed by atoms with E-state index in [0.717, 1.165) is 0 Å². The second-order valence-corrected chi connectivity index (χ2v) is 5.47. The first kappa shape index (κ1) is 18.3. The molecule has 1 aliphatic carbocycles. The molecule has 0 aliphatic heterocycles. The molecule has 10 heteroatoms. The van der Waals surface area contributed by atoms with Crippen molar-refractivity contribution < 1.29 is 23.4 Å². The van der Waals surface area contributed by atoms with Crippen LogP contribution in [0, 0.1) is 5.82 Å². The fourth-order valence-electron chi connectivity index (χ4n) is 2.89. The van der Waals surface area contributed by atoms with Crippen molar-refractivity contribution in [1.82, 2.24) is 14.9 Å². The van der Waals surface area contributed by atoms with Gasteiger partial charge in [0.25, 0.3) is 5.56 Å². The maximum absolute atomic E-state index is 13.3. The summed E-state index contributed by atoms with van der Waals surface area (Å²) in [6.07, 6.45) is 0.494. The Kier molecular flexibility index (Phi) is 5.86. The summed E-state index contributed by atoms with van der Waals surface area (Å²) in [6, 6.07) is -1.22. The average molecular weight is 345 g/mol. The van der Waals surface area contributed by atoms with E-state index in [1.807, 2.05) is 0 Å². The highest BCUT2D eigenvalue weighted by Crippen LogP contribution is 2.26. The minimum absolute atomic E-state index is 0.290. The van der Waals surface area contributed by atoms with Crippen molar-refractivity contribution in [2.75, 3.05) is 21.3 Å². The zero-order chi connectivity index (χ0) is 17.9. The molecule has 2 atom stereocenters. The van der Waals surface area contributed by atoms with Crippen molar-refractivity contribution in [2.45, 2.75) is 37.2 Å². The highest BCUT2D eigenvalue weighted by atomic mass is 19.1. The Hall–Kier alpha value is -2.04. The number of aromatic amines is 1. The molecule has 1 heterocycles. The summed E-state index contributed by atoms with van der Waals surface area (Å²) in [5, 5.41) is 2.62. The molecule has 1 aliphatic rings. The van der Waals surface area contributed by atoms with Crippen LogP contribution in [0.2, 0.25) is 0 Å². The number of rotatable bonds is 4. The lowest BCUT2D eigenvalue weighted by atomic mass is 9.87. The summed E-state index contributed by atoms with van der Waals surface area (Å²) < 4.78 is 29.9. The summed E-state index contributed by atoms with van der Waals surface area (Å²) in [5.74, 6) is -1.22. The quantitative estimate of drug-likeness (QED) is 0.757. The van der Waals surface area contributed by atoms with E-state index < -0.39 is 23.1 Å². The molecule has 0 radical (unpaired) electrons. The summed E-state index contributed by atoms with van der Waals surface area (Å²) in [7, 11) is 4.59. The van der Waals surface area contributed by atoms with Crippen LogP contribution in [0.4, 0.5) is 9.18 Å². The van der Waals surface area contributed by atoms with Gasteiger partial charge in [0.15, 0.2) is 0 Å². The molecule has 2 rings (SSSR count). The lowest BCUT2D eigenvalue weighted by Gasteiger charge is -2.39. The second kappa shape index (κ2) is 7.69. The number of carbonyl (C=O) groups excluding carboxylic acids is 1. The van der Waals surface area contributed by atoms with Gasteiger partial charge in [-0.1, -0.05) is 0 Å². The number of halogens is 1. The summed E-state index contributed by atoms with van der Waals surface area (Å²) in [4.78, 5) is 36.6. The van der Waals surface area contributed by atoms with E-state index in [4.69, 9.17) is 14.2 Å². The zero-order valence-corrected chi connectivity index (χ0v) is 13.6. The number of H-pyrrole nitrogens is 1. The Bertz CT molecular complexity index is 688. The van der Waals surface area contributed by atoms with Gasteiger partial charge in [-0.2, -0.15) is 4.39 Å². The first-order chi connectivity index (χ1) is 11.4. The fraction of sp³-hybridized carbons (Fsp3) is 0.643. The predicted octanol–water partition coefficient (Wildman–Crippen LogP) is -0.559. The molecule has 9 nitrogen and oxygen atoms in total. The monoisotopic (exact) mass is 345 g/mol. The number of nitrogens with zero attached hydrogens (tertiary/aromatic N) is 1. The molecule has 0 saturated heterocycles. The van der Waals surface area contributed by atoms with E-state index in [9.17, 15) is 18.8 Å². The molecule has 1 aromatic heterocycles. The predicted molar refractivity (Wildman–Crippen MR) is 80.6 cm³/mol. The number of ether oxygens (including phenoxy) is 3. The van der Waals surface area contributed by atoms with E-state index in [1.165, 1.54) is 14.2 Å². The zero-order valence-electron chi connectivity index (χ0n) is 13.6. The van der Waals surface area contributed by atoms with Crippen molar-refractivity contribution in [3.05, 3.63) is 32.9 Å². The molecule has 2 N–H and O–H groups in total. The van der Waals surface area contributed by atoms with Gasteiger partial charge < -0.3 is 19.5 Å². The van der Waals surface area contributed by atoms with Gasteiger partial charge in [0.05, 0.1) is 18.4 Å². The van der Waals surface area contributed by atoms with Gasteiger partial charge in [0, 0.05) is 27.4 Å². The van der Waals surface area contributed by atoms with Crippen LogP contribution in [0.1, 0.15) is 12.8 Å². The molecular formula is C14H20FN3O6. The highest BCUT2D eigenvalue weighted by molar-refractivity contribution is 5.76. The molecule has 1 aromatic rings. The van der Waals surface area contributed by atoms with Crippen molar-refractivity contribution in [3.63, 3.8) is 0 Å². The van der Waals surface area contributed by atoms with Crippen LogP contribution in [0.5, 0.6) is 0 Å². The third-order valence-electron chi connectivity index (χ3n) is 4.09. The van der Waals surface area contributed by atoms with Crippen LogP contribution in [-0.4, -0.2) is 61.3 Å². The van der Waals surface area contributed by atoms with Crippen LogP contribution >= 0.6 is 0 Å². The van der Waals surface area contributed by atoms with Crippen LogP contribution < -0.4 is 16.6 Å². The summed E-state index contributed by atoms with van der Waals surface area (Å²) in [5.41, 5.74) is -2.19. The molecular weight excluding hydrogens is 325 g/mol. The smallest absolute Gasteiger partial charge is 0.336 e. The number of amides is 1. The van der Waals surface area contributed by atoms with E-state index in [0.29, 0.717) is 23.6 Å². The Labute approximate surface area is 136 Å². The SMILES string of the molecule is COC1CC(NC(=O)n2cc(F)c(=O)[nH]c2=O)CC(OC)C1OC. The first-order valence-electron chi connectivity index (χ1n) is 7.32. The maximum Gasteiger partial charge on any atom is 0.336 e. The lowest BCUT2D eigenvalue weighted by Crippen LogP contribution is -2.55. The summed E-state index contributed by atoms with van der Waals surface area (Å²) in [6.45, 7) is 0. The fourth-order valence-corrected chi connectivity index (χ4v) is 2.89. The molecule has 0 aromatic carbocycles. The number of methoxy groups -OCH3 is 3. The number of nitrogens with one attached hydrogen (secondary N) is 2. The van der Waals surface area contributed by atoms with Gasteiger partial charge in [-0.15, -0.1) is 0 Å². The second-order valence-electron chi connectivity index (χ2n) is 5.47. The summed E-state index contributed by atoms with van der Waals surface area (Å²) >= 11 is 0. The van der Waals surface area contributed by atoms with Gasteiger partial charge in [-0.3, -0.25) is 9.78 Å². The lowest BCUT2D eigenvalue weighted by molar-refractivity contribution is -0.133. The van der Waals surface area contributed by atoms with E-state index >= 15 is 0 Å². The topological polar surface area (TPSA) is 112 Å². The third-order valence-corrected chi connectivity index (χ3v) is 4.09. The van der Waals surface area contributed by atoms with Gasteiger partial charge in [0.2, 0.25) is 5.82 Å². The molecule has 0 spiro atoms. The number of carbonyl (C=O) groups is 1. The largest absolute Gasteiger partial charge is 0.379 e. The molecule has 1 amide bonds. The van der Waals surface area contributed by atoms with Crippen LogP contribution in [0.25, 0.3) is 0 Å². The molecule has 1 fully saturated rings. The van der Waals surface area contributed by atoms with E-state index in [-0.39, 0.29) is 24.4 Å². The Morgan fingerprint density at radius 1 is 1.21 bits per heavy atom. The van der Waals surface area contributed by atoms with Crippen molar-refractivity contribution in [3.8, 4) is 0 Å². The minimum atomic E-state index is -1.22. The van der Waals surface area contributed by atoms with Crippen LogP contribution in [0.15, 0.2) is 15.8 Å². The van der Waals surface area contributed by atoms with Gasteiger partial charge >= 0.3 is 11.7 Å². The Morgan fingerprint density at radius 3 is 2.29 bits per heavy atom.